The second-order valence-electron chi connectivity index (χ2n) is 5.71. The van der Waals surface area contributed by atoms with Crippen molar-refractivity contribution in [2.75, 3.05) is 13.2 Å². The third-order valence-electron chi connectivity index (χ3n) is 3.43. The van der Waals surface area contributed by atoms with Gasteiger partial charge in [-0.25, -0.2) is 0 Å². The van der Waals surface area contributed by atoms with Crippen LogP contribution < -0.4 is 10.1 Å². The lowest BCUT2D eigenvalue weighted by Crippen LogP contribution is -2.19. The molecule has 0 aliphatic rings. The van der Waals surface area contributed by atoms with Crippen molar-refractivity contribution in [1.29, 1.82) is 0 Å². The minimum atomic E-state index is 0.644. The summed E-state index contributed by atoms with van der Waals surface area (Å²) in [5.74, 6) is 1.62. The number of benzene rings is 2. The molecule has 0 atom stereocenters. The summed E-state index contributed by atoms with van der Waals surface area (Å²) >= 11 is 0. The number of rotatable bonds is 8. The lowest BCUT2D eigenvalue weighted by molar-refractivity contribution is 0.321. The average molecular weight is 283 g/mol. The van der Waals surface area contributed by atoms with E-state index >= 15 is 0 Å². The first-order valence-corrected chi connectivity index (χ1v) is 7.67. The standard InChI is InChI=1S/C19H25NO/c1-4-5-12-21-19-11-10-16-8-6-7-9-17(16)18(19)14-20-13-15(2)3/h4,6-11,15,20H,1,5,12-14H2,2-3H3. The molecule has 0 unspecified atom stereocenters. The lowest BCUT2D eigenvalue weighted by atomic mass is 10.0. The smallest absolute Gasteiger partial charge is 0.124 e. The van der Waals surface area contributed by atoms with E-state index in [1.807, 2.05) is 6.08 Å². The molecule has 0 fully saturated rings. The summed E-state index contributed by atoms with van der Waals surface area (Å²) in [7, 11) is 0. The highest BCUT2D eigenvalue weighted by Gasteiger charge is 2.08. The van der Waals surface area contributed by atoms with Gasteiger partial charge in [0.25, 0.3) is 0 Å². The van der Waals surface area contributed by atoms with Crippen LogP contribution in [0.4, 0.5) is 0 Å². The van der Waals surface area contributed by atoms with E-state index in [0.717, 1.165) is 25.3 Å². The fourth-order valence-corrected chi connectivity index (χ4v) is 2.37. The van der Waals surface area contributed by atoms with Gasteiger partial charge in [-0.05, 0) is 35.7 Å². The van der Waals surface area contributed by atoms with Crippen LogP contribution in [0.5, 0.6) is 5.75 Å². The highest BCUT2D eigenvalue weighted by atomic mass is 16.5. The van der Waals surface area contributed by atoms with Gasteiger partial charge in [0, 0.05) is 12.1 Å². The first kappa shape index (κ1) is 15.6. The van der Waals surface area contributed by atoms with Crippen molar-refractivity contribution in [2.24, 2.45) is 5.92 Å². The van der Waals surface area contributed by atoms with Gasteiger partial charge in [-0.1, -0.05) is 50.3 Å². The van der Waals surface area contributed by atoms with E-state index in [0.29, 0.717) is 12.5 Å². The van der Waals surface area contributed by atoms with Crippen molar-refractivity contribution in [3.63, 3.8) is 0 Å². The minimum absolute atomic E-state index is 0.644. The minimum Gasteiger partial charge on any atom is -0.493 e. The van der Waals surface area contributed by atoms with Gasteiger partial charge in [0.05, 0.1) is 6.61 Å². The Balaban J connectivity index is 2.25. The summed E-state index contributed by atoms with van der Waals surface area (Å²) < 4.78 is 5.93. The van der Waals surface area contributed by atoms with Gasteiger partial charge in [0.1, 0.15) is 5.75 Å². The van der Waals surface area contributed by atoms with Gasteiger partial charge < -0.3 is 10.1 Å². The molecule has 0 bridgehead atoms. The average Bonchev–Trinajstić information content (AvgIpc) is 2.48. The number of ether oxygens (including phenoxy) is 1. The number of hydrogen-bond donors (Lipinski definition) is 1. The quantitative estimate of drug-likeness (QED) is 0.567. The van der Waals surface area contributed by atoms with Crippen molar-refractivity contribution < 1.29 is 4.74 Å². The zero-order chi connectivity index (χ0) is 15.1. The zero-order valence-electron chi connectivity index (χ0n) is 13.1. The normalized spacial score (nSPS) is 11.0. The van der Waals surface area contributed by atoms with Crippen molar-refractivity contribution in [3.05, 3.63) is 54.6 Å². The van der Waals surface area contributed by atoms with E-state index in [4.69, 9.17) is 4.74 Å². The summed E-state index contributed by atoms with van der Waals surface area (Å²) in [4.78, 5) is 0. The largest absolute Gasteiger partial charge is 0.493 e. The van der Waals surface area contributed by atoms with Gasteiger partial charge in [-0.3, -0.25) is 0 Å². The summed E-state index contributed by atoms with van der Waals surface area (Å²) in [6.45, 7) is 10.7. The maximum atomic E-state index is 5.93. The van der Waals surface area contributed by atoms with E-state index in [1.54, 1.807) is 0 Å². The SMILES string of the molecule is C=CCCOc1ccc2ccccc2c1CNCC(C)C. The molecule has 0 aliphatic heterocycles. The Morgan fingerprint density at radius 2 is 2.00 bits per heavy atom. The Morgan fingerprint density at radius 1 is 1.19 bits per heavy atom. The molecule has 2 aromatic carbocycles. The van der Waals surface area contributed by atoms with E-state index in [1.165, 1.54) is 16.3 Å². The van der Waals surface area contributed by atoms with Gasteiger partial charge in [0.2, 0.25) is 0 Å². The molecule has 0 spiro atoms. The molecule has 0 aromatic heterocycles. The molecule has 0 amide bonds. The van der Waals surface area contributed by atoms with Crippen LogP contribution >= 0.6 is 0 Å². The topological polar surface area (TPSA) is 21.3 Å². The predicted octanol–water partition coefficient (Wildman–Crippen LogP) is 4.54. The summed E-state index contributed by atoms with van der Waals surface area (Å²) in [5.41, 5.74) is 1.25. The van der Waals surface area contributed by atoms with Crippen LogP contribution in [0.2, 0.25) is 0 Å². The fraction of sp³-hybridized carbons (Fsp3) is 0.368. The Hall–Kier alpha value is -1.80. The molecule has 2 heteroatoms. The van der Waals surface area contributed by atoms with Gasteiger partial charge in [0.15, 0.2) is 0 Å². The molecule has 0 saturated carbocycles. The highest BCUT2D eigenvalue weighted by Crippen LogP contribution is 2.28. The first-order valence-electron chi connectivity index (χ1n) is 7.67. The van der Waals surface area contributed by atoms with Crippen LogP contribution in [0.15, 0.2) is 49.1 Å². The Bertz CT molecular complexity index is 589. The van der Waals surface area contributed by atoms with Crippen molar-refractivity contribution in [2.45, 2.75) is 26.8 Å². The Labute approximate surface area is 127 Å². The monoisotopic (exact) mass is 283 g/mol. The van der Waals surface area contributed by atoms with Gasteiger partial charge >= 0.3 is 0 Å². The summed E-state index contributed by atoms with van der Waals surface area (Å²) in [6.07, 6.45) is 2.75. The van der Waals surface area contributed by atoms with Crippen LogP contribution in [0.3, 0.4) is 0 Å². The van der Waals surface area contributed by atoms with E-state index in [9.17, 15) is 0 Å². The molecule has 2 aromatic rings. The lowest BCUT2D eigenvalue weighted by Gasteiger charge is -2.15. The van der Waals surface area contributed by atoms with Gasteiger partial charge in [-0.2, -0.15) is 0 Å². The molecular weight excluding hydrogens is 258 g/mol. The van der Waals surface area contributed by atoms with E-state index in [-0.39, 0.29) is 0 Å². The molecule has 0 saturated heterocycles. The van der Waals surface area contributed by atoms with Crippen molar-refractivity contribution in [3.8, 4) is 5.75 Å². The molecule has 0 heterocycles. The van der Waals surface area contributed by atoms with Gasteiger partial charge in [-0.15, -0.1) is 6.58 Å². The summed E-state index contributed by atoms with van der Waals surface area (Å²) in [5, 5.41) is 6.05. The van der Waals surface area contributed by atoms with E-state index in [2.05, 4.69) is 62.1 Å². The second kappa shape index (κ2) is 7.84. The third kappa shape index (κ3) is 4.33. The Morgan fingerprint density at radius 3 is 2.76 bits per heavy atom. The van der Waals surface area contributed by atoms with Crippen LogP contribution in [0.25, 0.3) is 10.8 Å². The van der Waals surface area contributed by atoms with Crippen LogP contribution in [-0.2, 0) is 6.54 Å². The summed E-state index contributed by atoms with van der Waals surface area (Å²) in [6, 6.07) is 12.7. The number of hydrogen-bond acceptors (Lipinski definition) is 2. The molecule has 2 rings (SSSR count). The van der Waals surface area contributed by atoms with Crippen LogP contribution in [0, 0.1) is 5.92 Å². The van der Waals surface area contributed by atoms with Crippen LogP contribution in [-0.4, -0.2) is 13.2 Å². The number of fused-ring (bicyclic) bond motifs is 1. The maximum absolute atomic E-state index is 5.93. The molecule has 1 N–H and O–H groups in total. The van der Waals surface area contributed by atoms with Crippen molar-refractivity contribution >= 4 is 10.8 Å². The third-order valence-corrected chi connectivity index (χ3v) is 3.43. The first-order chi connectivity index (χ1) is 10.2. The Kier molecular flexibility index (Phi) is 5.82. The predicted molar refractivity (Wildman–Crippen MR) is 90.8 cm³/mol. The molecular formula is C19H25NO. The second-order valence-corrected chi connectivity index (χ2v) is 5.71. The molecule has 0 radical (unpaired) electrons. The molecule has 21 heavy (non-hydrogen) atoms. The molecule has 112 valence electrons. The number of nitrogens with one attached hydrogen (secondary N) is 1. The van der Waals surface area contributed by atoms with E-state index < -0.39 is 0 Å². The van der Waals surface area contributed by atoms with Crippen molar-refractivity contribution in [1.82, 2.24) is 5.32 Å². The van der Waals surface area contributed by atoms with Crippen LogP contribution in [0.1, 0.15) is 25.8 Å². The highest BCUT2D eigenvalue weighted by molar-refractivity contribution is 5.87. The molecule has 2 nitrogen and oxygen atoms in total. The maximum Gasteiger partial charge on any atom is 0.124 e. The molecule has 0 aliphatic carbocycles. The zero-order valence-corrected chi connectivity index (χ0v) is 13.1. The fourth-order valence-electron chi connectivity index (χ4n) is 2.37.